The molecule has 2 aromatic carbocycles. The Balaban J connectivity index is 1.49. The Kier molecular flexibility index (Phi) is 18.1. The van der Waals surface area contributed by atoms with Crippen LogP contribution in [-0.2, 0) is 12.8 Å². The summed E-state index contributed by atoms with van der Waals surface area (Å²) in [6.45, 7) is 0. The molecule has 0 radical (unpaired) electrons. The molecule has 0 unspecified atom stereocenters. The van der Waals surface area contributed by atoms with E-state index in [0.717, 1.165) is 103 Å². The zero-order valence-corrected chi connectivity index (χ0v) is 26.1. The lowest BCUT2D eigenvalue weighted by molar-refractivity contribution is -0.206. The van der Waals surface area contributed by atoms with Gasteiger partial charge in [0, 0.05) is 0 Å². The minimum absolute atomic E-state index is 0.198. The van der Waals surface area contributed by atoms with Gasteiger partial charge in [-0.15, -0.1) is 0 Å². The van der Waals surface area contributed by atoms with E-state index in [9.17, 15) is 26.3 Å². The Morgan fingerprint density at radius 1 is 0.386 bits per heavy atom. The Morgan fingerprint density at radius 2 is 0.636 bits per heavy atom. The average molecular weight is 631 g/mol. The third-order valence-corrected chi connectivity index (χ3v) is 8.38. The van der Waals surface area contributed by atoms with Crippen molar-refractivity contribution in [1.82, 2.24) is 0 Å². The van der Waals surface area contributed by atoms with Gasteiger partial charge in [-0.2, -0.15) is 26.3 Å². The summed E-state index contributed by atoms with van der Waals surface area (Å²) >= 11 is 0. The van der Waals surface area contributed by atoms with E-state index in [1.54, 1.807) is 0 Å². The van der Waals surface area contributed by atoms with Crippen LogP contribution in [0.25, 0.3) is 11.1 Å². The topological polar surface area (TPSA) is 40.5 Å². The summed E-state index contributed by atoms with van der Waals surface area (Å²) < 4.78 is 73.7. The summed E-state index contributed by atoms with van der Waals surface area (Å²) in [7, 11) is 0. The second-order valence-corrected chi connectivity index (χ2v) is 12.2. The number of benzene rings is 2. The summed E-state index contributed by atoms with van der Waals surface area (Å²) in [4.78, 5) is 0. The van der Waals surface area contributed by atoms with Gasteiger partial charge in [-0.25, -0.2) is 0 Å². The molecule has 8 heteroatoms. The first-order valence-electron chi connectivity index (χ1n) is 16.6. The van der Waals surface area contributed by atoms with Gasteiger partial charge >= 0.3 is 12.4 Å². The third-order valence-electron chi connectivity index (χ3n) is 8.38. The summed E-state index contributed by atoms with van der Waals surface area (Å²) in [5, 5.41) is 18.0. The molecule has 250 valence electrons. The molecule has 44 heavy (non-hydrogen) atoms. The quantitative estimate of drug-likeness (QED) is 0.0947. The van der Waals surface area contributed by atoms with Crippen molar-refractivity contribution in [2.75, 3.05) is 0 Å². The van der Waals surface area contributed by atoms with Crippen LogP contribution in [-0.4, -0.2) is 34.8 Å². The highest BCUT2D eigenvalue weighted by molar-refractivity contribution is 5.64. The Bertz CT molecular complexity index is 904. The number of aryl methyl sites for hydroxylation is 2. The number of aliphatic hydroxyl groups is 2. The molecule has 0 aromatic heterocycles. The van der Waals surface area contributed by atoms with E-state index < -0.39 is 24.6 Å². The first-order valence-corrected chi connectivity index (χ1v) is 16.6. The molecule has 0 spiro atoms. The number of aliphatic hydroxyl groups excluding tert-OH is 2. The maximum Gasteiger partial charge on any atom is 0.414 e. The molecule has 0 aliphatic rings. The molecular formula is C36H52F6O2. The number of halogens is 6. The predicted octanol–water partition coefficient (Wildman–Crippen LogP) is 11.3. The molecule has 2 aromatic rings. The van der Waals surface area contributed by atoms with Gasteiger partial charge in [0.15, 0.2) is 0 Å². The number of hydrogen-bond donors (Lipinski definition) is 2. The van der Waals surface area contributed by atoms with Crippen molar-refractivity contribution in [2.24, 2.45) is 0 Å². The Morgan fingerprint density at radius 3 is 0.909 bits per heavy atom. The van der Waals surface area contributed by atoms with Crippen molar-refractivity contribution in [1.29, 1.82) is 0 Å². The molecule has 0 aliphatic carbocycles. The average Bonchev–Trinajstić information content (AvgIpc) is 2.98. The molecule has 2 atom stereocenters. The van der Waals surface area contributed by atoms with Gasteiger partial charge in [0.05, 0.1) is 0 Å². The first kappa shape index (κ1) is 38.1. The molecular weight excluding hydrogens is 578 g/mol. The number of rotatable bonds is 23. The highest BCUT2D eigenvalue weighted by Crippen LogP contribution is 2.26. The first-order chi connectivity index (χ1) is 21.0. The van der Waals surface area contributed by atoms with Crippen LogP contribution >= 0.6 is 0 Å². The fourth-order valence-corrected chi connectivity index (χ4v) is 5.51. The lowest BCUT2D eigenvalue weighted by Gasteiger charge is -2.13. The van der Waals surface area contributed by atoms with E-state index in [1.165, 1.54) is 22.3 Å². The van der Waals surface area contributed by atoms with Gasteiger partial charge in [0.25, 0.3) is 0 Å². The van der Waals surface area contributed by atoms with Gasteiger partial charge in [-0.1, -0.05) is 138 Å². The van der Waals surface area contributed by atoms with Crippen molar-refractivity contribution in [3.05, 3.63) is 59.7 Å². The van der Waals surface area contributed by atoms with E-state index in [1.807, 2.05) is 0 Å². The van der Waals surface area contributed by atoms with E-state index in [2.05, 4.69) is 48.5 Å². The van der Waals surface area contributed by atoms with Gasteiger partial charge < -0.3 is 10.2 Å². The van der Waals surface area contributed by atoms with Crippen LogP contribution < -0.4 is 0 Å². The van der Waals surface area contributed by atoms with E-state index >= 15 is 0 Å². The fraction of sp³-hybridized carbons (Fsp3) is 0.667. The third kappa shape index (κ3) is 16.9. The normalized spacial score (nSPS) is 13.7. The largest absolute Gasteiger partial charge is 0.414 e. The molecule has 0 saturated carbocycles. The van der Waals surface area contributed by atoms with Crippen molar-refractivity contribution in [3.63, 3.8) is 0 Å². The second-order valence-electron chi connectivity index (χ2n) is 12.2. The monoisotopic (exact) mass is 630 g/mol. The highest BCUT2D eigenvalue weighted by Gasteiger charge is 2.38. The number of unbranched alkanes of at least 4 members (excludes halogenated alkanes) is 14. The minimum atomic E-state index is -4.50. The zero-order chi connectivity index (χ0) is 32.3. The molecule has 0 fully saturated rings. The fourth-order valence-electron chi connectivity index (χ4n) is 5.51. The van der Waals surface area contributed by atoms with Crippen LogP contribution in [0.4, 0.5) is 26.3 Å². The second kappa shape index (κ2) is 20.9. The molecule has 0 heterocycles. The highest BCUT2D eigenvalue weighted by atomic mass is 19.4. The maximum atomic E-state index is 12.3. The van der Waals surface area contributed by atoms with Crippen molar-refractivity contribution < 1.29 is 36.6 Å². The lowest BCUT2D eigenvalue weighted by atomic mass is 9.98. The molecule has 2 N–H and O–H groups in total. The summed E-state index contributed by atoms with van der Waals surface area (Å²) in [6, 6.07) is 17.5. The van der Waals surface area contributed by atoms with E-state index in [4.69, 9.17) is 10.2 Å². The van der Waals surface area contributed by atoms with Gasteiger partial charge in [-0.05, 0) is 60.8 Å². The maximum absolute atomic E-state index is 12.3. The van der Waals surface area contributed by atoms with Gasteiger partial charge in [0.1, 0.15) is 12.2 Å². The predicted molar refractivity (Wildman–Crippen MR) is 167 cm³/mol. The SMILES string of the molecule is O[C@H](CCCCCCCCCCc1ccc(-c2ccc(CCCCCCCCCC[C@@H](O)C(F)(F)F)cc2)cc1)C(F)(F)F. The summed E-state index contributed by atoms with van der Waals surface area (Å²) in [6.07, 6.45) is 3.57. The zero-order valence-electron chi connectivity index (χ0n) is 26.1. The lowest BCUT2D eigenvalue weighted by Crippen LogP contribution is -2.28. The van der Waals surface area contributed by atoms with E-state index in [0.29, 0.717) is 12.8 Å². The number of hydrogen-bond acceptors (Lipinski definition) is 2. The van der Waals surface area contributed by atoms with Crippen molar-refractivity contribution in [3.8, 4) is 11.1 Å². The molecule has 0 amide bonds. The summed E-state index contributed by atoms with van der Waals surface area (Å²) in [5.41, 5.74) is 5.06. The molecule has 0 aliphatic heterocycles. The van der Waals surface area contributed by atoms with Crippen LogP contribution in [0.2, 0.25) is 0 Å². The molecule has 0 bridgehead atoms. The van der Waals surface area contributed by atoms with Crippen LogP contribution in [0.1, 0.15) is 127 Å². The van der Waals surface area contributed by atoms with Crippen LogP contribution in [0, 0.1) is 0 Å². The molecule has 0 saturated heterocycles. The van der Waals surface area contributed by atoms with Crippen molar-refractivity contribution >= 4 is 0 Å². The Hall–Kier alpha value is -2.06. The smallest absolute Gasteiger partial charge is 0.384 e. The standard InChI is InChI=1S/C36H52F6O2/c37-35(38,39)33(43)19-15-11-7-3-1-5-9-13-17-29-21-25-31(26-22-29)32-27-23-30(24-28-32)18-14-10-6-2-4-8-12-16-20-34(44)36(40,41)42/h21-28,33-34,43-44H,1-20H2/t33-,34-/m1/s1. The van der Waals surface area contributed by atoms with E-state index in [-0.39, 0.29) is 12.8 Å². The van der Waals surface area contributed by atoms with Crippen LogP contribution in [0.3, 0.4) is 0 Å². The van der Waals surface area contributed by atoms with Crippen LogP contribution in [0.15, 0.2) is 48.5 Å². The molecule has 2 nitrogen and oxygen atoms in total. The molecule has 2 rings (SSSR count). The van der Waals surface area contributed by atoms with Crippen LogP contribution in [0.5, 0.6) is 0 Å². The van der Waals surface area contributed by atoms with Gasteiger partial charge in [0.2, 0.25) is 0 Å². The summed E-state index contributed by atoms with van der Waals surface area (Å²) in [5.74, 6) is 0. The Labute approximate surface area is 260 Å². The minimum Gasteiger partial charge on any atom is -0.384 e. The van der Waals surface area contributed by atoms with Gasteiger partial charge in [-0.3, -0.25) is 0 Å². The number of alkyl halides is 6. The van der Waals surface area contributed by atoms with Crippen molar-refractivity contribution in [2.45, 2.75) is 153 Å².